The SMILES string of the molecule is C[C@H](O)[C@H](O)[C@H](O)[C@@H](O)C1NCCCN1. The molecule has 0 radical (unpaired) electrons. The van der Waals surface area contributed by atoms with Gasteiger partial charge in [0.25, 0.3) is 0 Å². The molecule has 0 aromatic rings. The van der Waals surface area contributed by atoms with Crippen LogP contribution in [0.3, 0.4) is 0 Å². The fourth-order valence-corrected chi connectivity index (χ4v) is 1.60. The van der Waals surface area contributed by atoms with E-state index in [4.69, 9.17) is 5.11 Å². The summed E-state index contributed by atoms with van der Waals surface area (Å²) < 4.78 is 0. The molecule has 0 aromatic heterocycles. The predicted molar refractivity (Wildman–Crippen MR) is 54.1 cm³/mol. The monoisotopic (exact) mass is 220 g/mol. The van der Waals surface area contributed by atoms with E-state index in [2.05, 4.69) is 10.6 Å². The Hall–Kier alpha value is -0.240. The second-order valence-electron chi connectivity index (χ2n) is 3.95. The van der Waals surface area contributed by atoms with Crippen molar-refractivity contribution in [2.24, 2.45) is 0 Å². The predicted octanol–water partition coefficient (Wildman–Crippen LogP) is -2.64. The van der Waals surface area contributed by atoms with E-state index in [9.17, 15) is 15.3 Å². The molecule has 1 rings (SSSR count). The van der Waals surface area contributed by atoms with Gasteiger partial charge < -0.3 is 20.4 Å². The van der Waals surface area contributed by atoms with E-state index in [-0.39, 0.29) is 0 Å². The summed E-state index contributed by atoms with van der Waals surface area (Å²) in [6, 6.07) is 0. The highest BCUT2D eigenvalue weighted by atomic mass is 16.4. The molecule has 6 heteroatoms. The molecule has 15 heavy (non-hydrogen) atoms. The molecule has 6 N–H and O–H groups in total. The smallest absolute Gasteiger partial charge is 0.111 e. The molecule has 1 saturated heterocycles. The van der Waals surface area contributed by atoms with Gasteiger partial charge >= 0.3 is 0 Å². The Bertz CT molecular complexity index is 185. The van der Waals surface area contributed by atoms with Crippen LogP contribution in [0.4, 0.5) is 0 Å². The normalized spacial score (nSPS) is 27.0. The van der Waals surface area contributed by atoms with Crippen molar-refractivity contribution in [2.75, 3.05) is 13.1 Å². The molecule has 6 nitrogen and oxygen atoms in total. The summed E-state index contributed by atoms with van der Waals surface area (Å²) in [6.07, 6.45) is -4.41. The van der Waals surface area contributed by atoms with Crippen LogP contribution in [0.2, 0.25) is 0 Å². The highest BCUT2D eigenvalue weighted by molar-refractivity contribution is 4.87. The maximum atomic E-state index is 9.72. The van der Waals surface area contributed by atoms with Crippen LogP contribution in [-0.4, -0.2) is 64.1 Å². The maximum Gasteiger partial charge on any atom is 0.111 e. The molecule has 1 aliphatic heterocycles. The van der Waals surface area contributed by atoms with E-state index >= 15 is 0 Å². The lowest BCUT2D eigenvalue weighted by molar-refractivity contribution is -0.112. The van der Waals surface area contributed by atoms with E-state index in [0.717, 1.165) is 19.5 Å². The number of aliphatic hydroxyl groups excluding tert-OH is 4. The van der Waals surface area contributed by atoms with Crippen molar-refractivity contribution in [3.63, 3.8) is 0 Å². The molecule has 0 bridgehead atoms. The van der Waals surface area contributed by atoms with Crippen LogP contribution < -0.4 is 10.6 Å². The summed E-state index contributed by atoms with van der Waals surface area (Å²) in [5, 5.41) is 43.7. The van der Waals surface area contributed by atoms with Gasteiger partial charge in [-0.25, -0.2) is 0 Å². The molecular formula is C9H20N2O4. The molecule has 4 atom stereocenters. The number of rotatable bonds is 4. The van der Waals surface area contributed by atoms with Gasteiger partial charge in [0, 0.05) is 0 Å². The van der Waals surface area contributed by atoms with Crippen molar-refractivity contribution in [3.8, 4) is 0 Å². The molecule has 0 saturated carbocycles. The van der Waals surface area contributed by atoms with Crippen molar-refractivity contribution in [1.29, 1.82) is 0 Å². The van der Waals surface area contributed by atoms with Gasteiger partial charge in [-0.05, 0) is 26.4 Å². The summed E-state index contributed by atoms with van der Waals surface area (Å²) in [7, 11) is 0. The Balaban J connectivity index is 2.46. The van der Waals surface area contributed by atoms with E-state index in [1.165, 1.54) is 6.92 Å². The van der Waals surface area contributed by atoms with E-state index in [0.29, 0.717) is 0 Å². The average molecular weight is 220 g/mol. The third-order valence-corrected chi connectivity index (χ3v) is 2.62. The van der Waals surface area contributed by atoms with Gasteiger partial charge in [0.05, 0.1) is 12.3 Å². The number of aliphatic hydroxyl groups is 4. The van der Waals surface area contributed by atoms with Crippen molar-refractivity contribution in [2.45, 2.75) is 43.9 Å². The van der Waals surface area contributed by atoms with Crippen LogP contribution in [0.15, 0.2) is 0 Å². The fourth-order valence-electron chi connectivity index (χ4n) is 1.60. The lowest BCUT2D eigenvalue weighted by atomic mass is 10.0. The van der Waals surface area contributed by atoms with Gasteiger partial charge in [0.2, 0.25) is 0 Å². The lowest BCUT2D eigenvalue weighted by Gasteiger charge is -2.34. The summed E-state index contributed by atoms with van der Waals surface area (Å²) in [5.41, 5.74) is 0. The van der Waals surface area contributed by atoms with Crippen LogP contribution in [-0.2, 0) is 0 Å². The van der Waals surface area contributed by atoms with Gasteiger partial charge in [-0.1, -0.05) is 0 Å². The largest absolute Gasteiger partial charge is 0.391 e. The van der Waals surface area contributed by atoms with Crippen molar-refractivity contribution in [3.05, 3.63) is 0 Å². The van der Waals surface area contributed by atoms with Crippen LogP contribution in [0.1, 0.15) is 13.3 Å². The summed E-state index contributed by atoms with van der Waals surface area (Å²) in [4.78, 5) is 0. The average Bonchev–Trinajstić information content (AvgIpc) is 2.27. The minimum absolute atomic E-state index is 0.442. The Labute approximate surface area is 88.9 Å². The van der Waals surface area contributed by atoms with Gasteiger partial charge in [-0.2, -0.15) is 0 Å². The van der Waals surface area contributed by atoms with E-state index in [1.807, 2.05) is 0 Å². The zero-order valence-electron chi connectivity index (χ0n) is 8.80. The summed E-state index contributed by atoms with van der Waals surface area (Å²) in [5.74, 6) is 0. The van der Waals surface area contributed by atoms with Gasteiger partial charge in [0.1, 0.15) is 18.3 Å². The highest BCUT2D eigenvalue weighted by Gasteiger charge is 2.33. The maximum absolute atomic E-state index is 9.72. The summed E-state index contributed by atoms with van der Waals surface area (Å²) >= 11 is 0. The molecule has 0 unspecified atom stereocenters. The lowest BCUT2D eigenvalue weighted by Crippen LogP contribution is -2.61. The quantitative estimate of drug-likeness (QED) is 0.309. The topological polar surface area (TPSA) is 105 Å². The van der Waals surface area contributed by atoms with Crippen molar-refractivity contribution in [1.82, 2.24) is 10.6 Å². The Morgan fingerprint density at radius 1 is 1.00 bits per heavy atom. The van der Waals surface area contributed by atoms with E-state index in [1.54, 1.807) is 0 Å². The van der Waals surface area contributed by atoms with Gasteiger partial charge in [-0.15, -0.1) is 0 Å². The zero-order valence-corrected chi connectivity index (χ0v) is 8.80. The molecule has 1 aliphatic rings. The van der Waals surface area contributed by atoms with E-state index < -0.39 is 30.6 Å². The van der Waals surface area contributed by atoms with Crippen LogP contribution in [0.25, 0.3) is 0 Å². The number of hydrogen-bond acceptors (Lipinski definition) is 6. The van der Waals surface area contributed by atoms with Crippen LogP contribution >= 0.6 is 0 Å². The van der Waals surface area contributed by atoms with Crippen molar-refractivity contribution < 1.29 is 20.4 Å². The first-order valence-electron chi connectivity index (χ1n) is 5.23. The fraction of sp³-hybridized carbons (Fsp3) is 1.00. The molecule has 0 spiro atoms. The minimum atomic E-state index is -1.37. The molecular weight excluding hydrogens is 200 g/mol. The highest BCUT2D eigenvalue weighted by Crippen LogP contribution is 2.08. The number of nitrogens with one attached hydrogen (secondary N) is 2. The molecule has 0 aliphatic carbocycles. The molecule has 0 aromatic carbocycles. The third-order valence-electron chi connectivity index (χ3n) is 2.62. The first kappa shape index (κ1) is 12.8. The Morgan fingerprint density at radius 3 is 2.00 bits per heavy atom. The Morgan fingerprint density at radius 2 is 1.53 bits per heavy atom. The molecule has 90 valence electrons. The second-order valence-corrected chi connectivity index (χ2v) is 3.95. The minimum Gasteiger partial charge on any atom is -0.391 e. The molecule has 0 amide bonds. The van der Waals surface area contributed by atoms with Gasteiger partial charge in [-0.3, -0.25) is 10.6 Å². The molecule has 1 heterocycles. The number of hydrogen-bond donors (Lipinski definition) is 6. The standard InChI is InChI=1S/C9H20N2O4/c1-5(12)6(13)7(14)8(15)9-10-3-2-4-11-9/h5-15H,2-4H2,1H3/t5-,6-,7-,8+/m0/s1. The molecule has 1 fully saturated rings. The summed E-state index contributed by atoms with van der Waals surface area (Å²) in [6.45, 7) is 2.88. The van der Waals surface area contributed by atoms with Crippen LogP contribution in [0.5, 0.6) is 0 Å². The zero-order chi connectivity index (χ0) is 11.4. The van der Waals surface area contributed by atoms with Crippen molar-refractivity contribution >= 4 is 0 Å². The van der Waals surface area contributed by atoms with Crippen LogP contribution in [0, 0.1) is 0 Å². The Kier molecular flexibility index (Phi) is 4.91. The first-order valence-corrected chi connectivity index (χ1v) is 5.23. The first-order chi connectivity index (χ1) is 7.04. The second kappa shape index (κ2) is 5.74. The van der Waals surface area contributed by atoms with Gasteiger partial charge in [0.15, 0.2) is 0 Å². The third kappa shape index (κ3) is 3.37.